The molecule has 12 aromatic heterocycles. The van der Waals surface area contributed by atoms with Crippen LogP contribution in [0, 0.1) is 57.2 Å². The third kappa shape index (κ3) is 29.7. The molecule has 0 aliphatic rings. The van der Waals surface area contributed by atoms with Crippen LogP contribution in [0.5, 0.6) is 34.5 Å². The van der Waals surface area contributed by atoms with Gasteiger partial charge < -0.3 is 41.3 Å². The van der Waals surface area contributed by atoms with Crippen LogP contribution in [0.25, 0.3) is 133 Å². The third-order valence-corrected chi connectivity index (χ3v) is 25.7. The first kappa shape index (κ1) is 103. The molecule has 0 atom stereocenters. The van der Waals surface area contributed by atoms with Crippen molar-refractivity contribution in [3.8, 4) is 102 Å². The standard InChI is InChI=1S/3C12H10N.3C11H8N.6C9H7NO.Al.Ga.2Ir/c3*1-10-5-7-11(8-6-10)12-4-2-3-9-13-12;3*1-2-6-10(7-3-1)11-8-4-5-9-12-11;6*11-8-5-1-3-7-4-2-6-10-9(7)8;;;;/h3*2-7,9H,1H3;3*1-6,8-9H;6*1-6,11H;;;;/q6*-1;;;;;;;4*+3/p-6. The third-order valence-electron chi connectivity index (χ3n) is 21.6. The van der Waals surface area contributed by atoms with E-state index < -0.39 is 32.5 Å². The molecular weight excluding hydrogens is 2220 g/mol. The number of pyridine rings is 12. The number of hydrogen-bond donors (Lipinski definition) is 0. The van der Waals surface area contributed by atoms with Crippen LogP contribution in [0.15, 0.2) is 493 Å². The van der Waals surface area contributed by atoms with Gasteiger partial charge >= 0.3 is 258 Å². The zero-order valence-electron chi connectivity index (χ0n) is 78.9. The van der Waals surface area contributed by atoms with E-state index >= 15 is 0 Å². The van der Waals surface area contributed by atoms with E-state index in [4.69, 9.17) is 22.0 Å². The molecule has 0 amide bonds. The summed E-state index contributed by atoms with van der Waals surface area (Å²) in [6.07, 6.45) is 21.2. The van der Waals surface area contributed by atoms with E-state index in [1.807, 2.05) is 400 Å². The zero-order valence-corrected chi connectivity index (χ0v) is 87.3. The predicted octanol–water partition coefficient (Wildman–Crippen LogP) is 27.9. The van der Waals surface area contributed by atoms with Crippen molar-refractivity contribution in [3.63, 3.8) is 0 Å². The summed E-state index contributed by atoms with van der Waals surface area (Å²) in [6, 6.07) is 154. The first-order valence-corrected chi connectivity index (χ1v) is 50.4. The SMILES string of the molecule is Cc1c[c-]c(-c2ccccn2)cc1.Cc1c[c-]c(-c2ccccn2)cc1.Cc1c[c-]c(-c2ccccn2)cc1.[Ir+3].[Ir+3].[c-]1ccccc1-c1ccccn1.[c-]1ccccc1-c1ccccn1.[c-]1ccccc1-c1ccccn1.c1cnc2c([O][Al]([O]c3cccc4cccnc34)[O]c3cccc4cccnc34)cccc2c1.c1cnc2c([O][Ga]([O]c3cccc4cccnc34)[O]c3cccc4cccnc34)cccc2c1. The number of aromatic nitrogens is 12. The summed E-state index contributed by atoms with van der Waals surface area (Å²) in [7, 11) is 0. The molecule has 0 saturated carbocycles. The Bertz CT molecular complexity index is 6930. The van der Waals surface area contributed by atoms with Gasteiger partial charge in [-0.15, -0.1) is 214 Å². The number of benzene rings is 12. The van der Waals surface area contributed by atoms with Gasteiger partial charge in [-0.05, 0) is 107 Å². The Labute approximate surface area is 881 Å². The van der Waals surface area contributed by atoms with Crippen molar-refractivity contribution >= 4 is 97.9 Å². The molecule has 24 aromatic rings. The Kier molecular flexibility index (Phi) is 38.5. The molecule has 0 radical (unpaired) electrons. The van der Waals surface area contributed by atoms with Crippen molar-refractivity contribution < 1.29 is 62.2 Å². The number of para-hydroxylation sites is 6. The van der Waals surface area contributed by atoms with Gasteiger partial charge in [-0.2, -0.15) is 0 Å². The summed E-state index contributed by atoms with van der Waals surface area (Å²) in [5.74, 6) is 3.71. The summed E-state index contributed by atoms with van der Waals surface area (Å²) < 4.78 is 38.6. The first-order chi connectivity index (χ1) is 70.7. The molecular formula is C123H90AlGaIr2N12O6. The van der Waals surface area contributed by atoms with Crippen LogP contribution < -0.4 is 22.0 Å². The average Bonchev–Trinajstić information content (AvgIpc) is 0.798. The quantitative estimate of drug-likeness (QED) is 0.0577. The Balaban J connectivity index is 0.000000131. The summed E-state index contributed by atoms with van der Waals surface area (Å²) >= 11 is -6.32. The van der Waals surface area contributed by atoms with Crippen molar-refractivity contribution in [2.24, 2.45) is 0 Å². The Morgan fingerprint density at radius 2 is 0.386 bits per heavy atom. The molecule has 0 aliphatic heterocycles. The van der Waals surface area contributed by atoms with Gasteiger partial charge in [0.05, 0.1) is 0 Å². The molecule has 12 heterocycles. The van der Waals surface area contributed by atoms with E-state index in [-0.39, 0.29) is 40.2 Å². The zero-order chi connectivity index (χ0) is 97.5. The van der Waals surface area contributed by atoms with Crippen LogP contribution >= 0.6 is 0 Å². The fourth-order valence-electron chi connectivity index (χ4n) is 14.6. The first-order valence-electron chi connectivity index (χ1n) is 46.0. The molecule has 145 heavy (non-hydrogen) atoms. The van der Waals surface area contributed by atoms with Gasteiger partial charge in [-0.25, -0.2) is 0 Å². The normalized spacial score (nSPS) is 10.2. The van der Waals surface area contributed by atoms with E-state index in [9.17, 15) is 0 Å². The molecule has 0 fully saturated rings. The van der Waals surface area contributed by atoms with Crippen molar-refractivity contribution in [3.05, 3.63) is 546 Å². The minimum atomic E-state index is -3.46. The van der Waals surface area contributed by atoms with Crippen molar-refractivity contribution in [1.29, 1.82) is 0 Å². The molecule has 0 spiro atoms. The van der Waals surface area contributed by atoms with Crippen LogP contribution in [-0.4, -0.2) is 92.3 Å². The van der Waals surface area contributed by atoms with Gasteiger partial charge in [-0.1, -0.05) is 148 Å². The monoisotopic (exact) mass is 2310 g/mol. The van der Waals surface area contributed by atoms with Gasteiger partial charge in [0.1, 0.15) is 33.8 Å². The summed E-state index contributed by atoms with van der Waals surface area (Å²) in [5, 5.41) is 5.89. The molecule has 18 nitrogen and oxygen atoms in total. The molecule has 0 N–H and O–H groups in total. The van der Waals surface area contributed by atoms with E-state index in [1.165, 1.54) is 16.7 Å². The van der Waals surface area contributed by atoms with E-state index in [2.05, 4.69) is 135 Å². The number of rotatable bonds is 18. The van der Waals surface area contributed by atoms with E-state index in [0.717, 1.165) is 133 Å². The molecule has 0 unspecified atom stereocenters. The number of fused-ring (bicyclic) bond motifs is 6. The fraction of sp³-hybridized carbons (Fsp3) is 0.0244. The minimum absolute atomic E-state index is 0. The Hall–Kier alpha value is -16.7. The van der Waals surface area contributed by atoms with Crippen LogP contribution in [0.4, 0.5) is 0 Å². The van der Waals surface area contributed by atoms with Crippen LogP contribution in [0.1, 0.15) is 16.7 Å². The van der Waals surface area contributed by atoms with Crippen LogP contribution in [0.2, 0.25) is 0 Å². The second-order valence-electron chi connectivity index (χ2n) is 31.7. The summed E-state index contributed by atoms with van der Waals surface area (Å²) in [5.41, 5.74) is 20.3. The number of nitrogens with zero attached hydrogens (tertiary/aromatic N) is 12. The summed E-state index contributed by atoms with van der Waals surface area (Å²) in [4.78, 5) is 52.5. The molecule has 702 valence electrons. The summed E-state index contributed by atoms with van der Waals surface area (Å²) in [6.45, 7) is 6.16. The average molecular weight is 2310 g/mol. The van der Waals surface area contributed by atoms with Gasteiger partial charge in [0.25, 0.3) is 0 Å². The molecule has 22 heteroatoms. The molecule has 0 bridgehead atoms. The second-order valence-corrected chi connectivity index (χ2v) is 35.7. The van der Waals surface area contributed by atoms with Crippen molar-refractivity contribution in [2.75, 3.05) is 0 Å². The molecule has 12 aromatic carbocycles. The molecule has 24 rings (SSSR count). The van der Waals surface area contributed by atoms with Crippen LogP contribution in [-0.2, 0) is 40.2 Å². The van der Waals surface area contributed by atoms with E-state index in [0.29, 0.717) is 34.5 Å². The number of hydrogen-bond acceptors (Lipinski definition) is 18. The topological polar surface area (TPSA) is 210 Å². The maximum atomic E-state index is 6.46. The van der Waals surface area contributed by atoms with Crippen molar-refractivity contribution in [1.82, 2.24) is 59.8 Å². The number of aryl methyl sites for hydroxylation is 3. The van der Waals surface area contributed by atoms with Crippen LogP contribution in [0.3, 0.4) is 0 Å². The van der Waals surface area contributed by atoms with Gasteiger partial charge in [0.2, 0.25) is 0 Å². The Morgan fingerprint density at radius 3 is 0.586 bits per heavy atom. The van der Waals surface area contributed by atoms with E-state index in [1.54, 1.807) is 74.4 Å². The van der Waals surface area contributed by atoms with Crippen molar-refractivity contribution in [2.45, 2.75) is 20.8 Å². The van der Waals surface area contributed by atoms with Gasteiger partial charge in [0.15, 0.2) is 0 Å². The molecule has 0 aliphatic carbocycles. The molecule has 0 saturated heterocycles. The van der Waals surface area contributed by atoms with Gasteiger partial charge in [-0.3, -0.25) is 15.0 Å². The predicted molar refractivity (Wildman–Crippen MR) is 571 cm³/mol. The van der Waals surface area contributed by atoms with Gasteiger partial charge in [0, 0.05) is 71.9 Å². The maximum absolute atomic E-state index is 6.46. The Morgan fingerprint density at radius 1 is 0.186 bits per heavy atom. The second kappa shape index (κ2) is 54.3. The fourth-order valence-corrected chi connectivity index (χ4v) is 18.7.